The van der Waals surface area contributed by atoms with E-state index in [0.29, 0.717) is 12.3 Å². The van der Waals surface area contributed by atoms with Crippen molar-refractivity contribution < 1.29 is 34.7 Å². The van der Waals surface area contributed by atoms with Gasteiger partial charge in [-0.15, -0.1) is 0 Å². The summed E-state index contributed by atoms with van der Waals surface area (Å²) >= 11 is 0. The maximum Gasteiger partial charge on any atom is 0.335 e. The molecular weight excluding hydrogens is 318 g/mol. The number of hydrogen-bond acceptors (Lipinski definition) is 7. The zero-order valence-corrected chi connectivity index (χ0v) is 13.3. The number of rotatable bonds is 7. The van der Waals surface area contributed by atoms with Crippen molar-refractivity contribution in [1.82, 2.24) is 5.32 Å². The Bertz CT molecular complexity index is 536. The Morgan fingerprint density at radius 3 is 2.42 bits per heavy atom. The maximum absolute atomic E-state index is 11.0. The van der Waals surface area contributed by atoms with Crippen molar-refractivity contribution >= 4 is 5.97 Å². The molecule has 1 fully saturated rings. The highest BCUT2D eigenvalue weighted by molar-refractivity contribution is 5.73. The Hall–Kier alpha value is -1.71. The van der Waals surface area contributed by atoms with E-state index in [9.17, 15) is 20.1 Å². The molecule has 0 saturated carbocycles. The first kappa shape index (κ1) is 18.6. The Morgan fingerprint density at radius 2 is 1.83 bits per heavy atom. The van der Waals surface area contributed by atoms with Crippen LogP contribution in [-0.2, 0) is 16.1 Å². The van der Waals surface area contributed by atoms with Crippen molar-refractivity contribution in [2.75, 3.05) is 6.54 Å². The van der Waals surface area contributed by atoms with Gasteiger partial charge in [0, 0.05) is 6.54 Å². The van der Waals surface area contributed by atoms with Crippen LogP contribution in [0.3, 0.4) is 0 Å². The van der Waals surface area contributed by atoms with Crippen molar-refractivity contribution in [2.24, 2.45) is 0 Å². The number of aliphatic hydroxyl groups excluding tert-OH is 3. The van der Waals surface area contributed by atoms with Gasteiger partial charge in [-0.1, -0.05) is 19.1 Å². The SMILES string of the molecule is CCCNCc1ccc(OC2OC(C(=O)O)C(O)C(O)C2O)cc1. The largest absolute Gasteiger partial charge is 0.479 e. The molecule has 1 aliphatic rings. The normalized spacial score (nSPS) is 30.1. The molecule has 5 atom stereocenters. The summed E-state index contributed by atoms with van der Waals surface area (Å²) in [6.07, 6.45) is -7.01. The quantitative estimate of drug-likeness (QED) is 0.418. The van der Waals surface area contributed by atoms with Crippen LogP contribution >= 0.6 is 0 Å². The molecule has 0 aromatic heterocycles. The minimum Gasteiger partial charge on any atom is -0.479 e. The molecule has 0 spiro atoms. The number of ether oxygens (including phenoxy) is 2. The number of benzene rings is 1. The van der Waals surface area contributed by atoms with Gasteiger partial charge in [-0.05, 0) is 30.7 Å². The lowest BCUT2D eigenvalue weighted by Crippen LogP contribution is -2.61. The first-order valence-corrected chi connectivity index (χ1v) is 7.82. The second-order valence-electron chi connectivity index (χ2n) is 5.67. The van der Waals surface area contributed by atoms with E-state index in [4.69, 9.17) is 14.6 Å². The van der Waals surface area contributed by atoms with E-state index in [2.05, 4.69) is 12.2 Å². The molecule has 0 amide bonds. The molecule has 1 saturated heterocycles. The number of hydrogen-bond donors (Lipinski definition) is 5. The van der Waals surface area contributed by atoms with Crippen LogP contribution in [0.15, 0.2) is 24.3 Å². The van der Waals surface area contributed by atoms with Crippen molar-refractivity contribution in [3.63, 3.8) is 0 Å². The molecule has 1 aromatic carbocycles. The third-order valence-electron chi connectivity index (χ3n) is 3.74. The number of aliphatic carboxylic acids is 1. The predicted octanol–water partition coefficient (Wildman–Crippen LogP) is -0.543. The smallest absolute Gasteiger partial charge is 0.335 e. The van der Waals surface area contributed by atoms with Gasteiger partial charge in [0.25, 0.3) is 0 Å². The fraction of sp³-hybridized carbons (Fsp3) is 0.562. The van der Waals surface area contributed by atoms with Gasteiger partial charge in [-0.2, -0.15) is 0 Å². The van der Waals surface area contributed by atoms with Crippen molar-refractivity contribution in [1.29, 1.82) is 0 Å². The molecule has 1 aliphatic heterocycles. The molecule has 134 valence electrons. The van der Waals surface area contributed by atoms with Gasteiger partial charge in [-0.3, -0.25) is 0 Å². The summed E-state index contributed by atoms with van der Waals surface area (Å²) in [6.45, 7) is 3.70. The molecule has 2 rings (SSSR count). The van der Waals surface area contributed by atoms with E-state index in [1.807, 2.05) is 12.1 Å². The topological polar surface area (TPSA) is 128 Å². The van der Waals surface area contributed by atoms with E-state index < -0.39 is 36.7 Å². The van der Waals surface area contributed by atoms with E-state index in [1.165, 1.54) is 0 Å². The van der Waals surface area contributed by atoms with Crippen LogP contribution in [0.5, 0.6) is 5.75 Å². The monoisotopic (exact) mass is 341 g/mol. The Labute approximate surface area is 139 Å². The summed E-state index contributed by atoms with van der Waals surface area (Å²) in [4.78, 5) is 11.0. The van der Waals surface area contributed by atoms with E-state index in [0.717, 1.165) is 18.5 Å². The van der Waals surface area contributed by atoms with Crippen molar-refractivity contribution in [3.8, 4) is 5.75 Å². The number of carboxylic acid groups (broad SMARTS) is 1. The highest BCUT2D eigenvalue weighted by Gasteiger charge is 2.48. The second-order valence-corrected chi connectivity index (χ2v) is 5.67. The van der Waals surface area contributed by atoms with E-state index >= 15 is 0 Å². The zero-order valence-electron chi connectivity index (χ0n) is 13.3. The highest BCUT2D eigenvalue weighted by atomic mass is 16.7. The number of carbonyl (C=O) groups is 1. The van der Waals surface area contributed by atoms with Crippen LogP contribution in [0.1, 0.15) is 18.9 Å². The Kier molecular flexibility index (Phi) is 6.52. The Balaban J connectivity index is 1.99. The molecule has 1 heterocycles. The second kappa shape index (κ2) is 8.41. The number of carboxylic acids is 1. The summed E-state index contributed by atoms with van der Waals surface area (Å²) in [5.74, 6) is -1.09. The molecule has 5 unspecified atom stereocenters. The minimum atomic E-state index is -1.73. The van der Waals surface area contributed by atoms with Gasteiger partial charge in [0.15, 0.2) is 6.10 Å². The number of nitrogens with one attached hydrogen (secondary N) is 1. The molecule has 0 radical (unpaired) electrons. The van der Waals surface area contributed by atoms with Crippen LogP contribution in [0.2, 0.25) is 0 Å². The van der Waals surface area contributed by atoms with Crippen LogP contribution < -0.4 is 10.1 Å². The van der Waals surface area contributed by atoms with Crippen molar-refractivity contribution in [3.05, 3.63) is 29.8 Å². The average molecular weight is 341 g/mol. The summed E-state index contributed by atoms with van der Waals surface area (Å²) < 4.78 is 10.5. The highest BCUT2D eigenvalue weighted by Crippen LogP contribution is 2.24. The molecule has 0 bridgehead atoms. The summed E-state index contributed by atoms with van der Waals surface area (Å²) in [7, 11) is 0. The molecule has 5 N–H and O–H groups in total. The van der Waals surface area contributed by atoms with Crippen LogP contribution in [0.4, 0.5) is 0 Å². The summed E-state index contributed by atoms with van der Waals surface area (Å²) in [5.41, 5.74) is 1.04. The molecular formula is C16H23NO7. The third kappa shape index (κ3) is 4.43. The lowest BCUT2D eigenvalue weighted by Gasteiger charge is -2.38. The fourth-order valence-electron chi connectivity index (χ4n) is 2.38. The molecule has 24 heavy (non-hydrogen) atoms. The molecule has 1 aromatic rings. The maximum atomic E-state index is 11.0. The lowest BCUT2D eigenvalue weighted by atomic mass is 9.99. The minimum absolute atomic E-state index is 0.353. The van der Waals surface area contributed by atoms with Gasteiger partial charge in [-0.25, -0.2) is 4.79 Å². The van der Waals surface area contributed by atoms with Gasteiger partial charge >= 0.3 is 5.97 Å². The van der Waals surface area contributed by atoms with E-state index in [-0.39, 0.29) is 0 Å². The van der Waals surface area contributed by atoms with Gasteiger partial charge in [0.05, 0.1) is 0 Å². The molecule has 8 heteroatoms. The van der Waals surface area contributed by atoms with Crippen LogP contribution in [0.25, 0.3) is 0 Å². The summed E-state index contributed by atoms with van der Waals surface area (Å²) in [6, 6.07) is 6.97. The lowest BCUT2D eigenvalue weighted by molar-refractivity contribution is -0.271. The standard InChI is InChI=1S/C16H23NO7/c1-2-7-17-8-9-3-5-10(6-4-9)23-16-13(20)11(18)12(19)14(24-16)15(21)22/h3-6,11-14,16-20H,2,7-8H2,1H3,(H,21,22). The zero-order chi connectivity index (χ0) is 17.7. The van der Waals surface area contributed by atoms with Crippen molar-refractivity contribution in [2.45, 2.75) is 50.6 Å². The van der Waals surface area contributed by atoms with E-state index in [1.54, 1.807) is 12.1 Å². The summed E-state index contributed by atoms with van der Waals surface area (Å²) in [5, 5.41) is 41.5. The number of aliphatic hydroxyl groups is 3. The van der Waals surface area contributed by atoms with Gasteiger partial charge in [0.1, 0.15) is 24.1 Å². The average Bonchev–Trinajstić information content (AvgIpc) is 2.56. The van der Waals surface area contributed by atoms with Crippen LogP contribution in [0, 0.1) is 0 Å². The third-order valence-corrected chi connectivity index (χ3v) is 3.74. The fourth-order valence-corrected chi connectivity index (χ4v) is 2.38. The molecule has 8 nitrogen and oxygen atoms in total. The van der Waals surface area contributed by atoms with Gasteiger partial charge in [0.2, 0.25) is 6.29 Å². The van der Waals surface area contributed by atoms with Gasteiger partial charge < -0.3 is 35.2 Å². The first-order chi connectivity index (χ1) is 11.4. The first-order valence-electron chi connectivity index (χ1n) is 7.82. The predicted molar refractivity (Wildman–Crippen MR) is 83.4 cm³/mol. The Morgan fingerprint density at radius 1 is 1.17 bits per heavy atom. The molecule has 0 aliphatic carbocycles. The van der Waals surface area contributed by atoms with Crippen LogP contribution in [-0.4, -0.2) is 63.6 Å².